The number of nitrogens with two attached hydrogens (primary N) is 1. The summed E-state index contributed by atoms with van der Waals surface area (Å²) < 4.78 is 0. The quantitative estimate of drug-likeness (QED) is 0.781. The Balaban J connectivity index is 2.13. The summed E-state index contributed by atoms with van der Waals surface area (Å²) in [7, 11) is 0. The van der Waals surface area contributed by atoms with Gasteiger partial charge in [-0.2, -0.15) is 0 Å². The predicted molar refractivity (Wildman–Crippen MR) is 86.6 cm³/mol. The Bertz CT molecular complexity index is 712. The lowest BCUT2D eigenvalue weighted by molar-refractivity contribution is -0.120. The first-order valence-corrected chi connectivity index (χ1v) is 7.00. The van der Waals surface area contributed by atoms with Gasteiger partial charge in [-0.05, 0) is 29.8 Å². The first-order chi connectivity index (χ1) is 11.0. The fraction of sp³-hybridized carbons (Fsp3) is 0.118. The molecule has 2 aromatic carbocycles. The molecule has 4 N–H and O–H groups in total. The molecule has 0 saturated heterocycles. The van der Waals surface area contributed by atoms with Gasteiger partial charge in [-0.1, -0.05) is 30.3 Å². The molecule has 6 nitrogen and oxygen atoms in total. The number of hydrogen-bond acceptors (Lipinski definition) is 3. The molecule has 3 amide bonds. The summed E-state index contributed by atoms with van der Waals surface area (Å²) >= 11 is 0. The molecule has 1 atom stereocenters. The Labute approximate surface area is 133 Å². The fourth-order valence-electron chi connectivity index (χ4n) is 2.09. The van der Waals surface area contributed by atoms with Crippen molar-refractivity contribution < 1.29 is 14.4 Å². The number of benzene rings is 2. The molecule has 0 spiro atoms. The summed E-state index contributed by atoms with van der Waals surface area (Å²) in [6, 6.07) is 14.2. The molecule has 118 valence electrons. The van der Waals surface area contributed by atoms with E-state index in [-0.39, 0.29) is 5.91 Å². The number of hydrogen-bond donors (Lipinski definition) is 3. The largest absolute Gasteiger partial charge is 0.368 e. The van der Waals surface area contributed by atoms with Gasteiger partial charge < -0.3 is 16.4 Å². The van der Waals surface area contributed by atoms with E-state index < -0.39 is 17.9 Å². The lowest BCUT2D eigenvalue weighted by atomic mass is 10.1. The topological polar surface area (TPSA) is 101 Å². The van der Waals surface area contributed by atoms with Crippen LogP contribution in [0.25, 0.3) is 0 Å². The molecule has 0 heterocycles. The molecule has 23 heavy (non-hydrogen) atoms. The van der Waals surface area contributed by atoms with Crippen LogP contribution in [0, 0.1) is 0 Å². The lowest BCUT2D eigenvalue weighted by Gasteiger charge is -2.16. The number of carbonyl (C=O) groups excluding carboxylic acids is 3. The molecule has 1 unspecified atom stereocenters. The van der Waals surface area contributed by atoms with Crippen molar-refractivity contribution in [2.45, 2.75) is 13.0 Å². The van der Waals surface area contributed by atoms with E-state index in [4.69, 9.17) is 5.73 Å². The molecule has 0 saturated carbocycles. The molecule has 2 aromatic rings. The van der Waals surface area contributed by atoms with Crippen molar-refractivity contribution in [2.75, 3.05) is 5.32 Å². The number of nitrogens with one attached hydrogen (secondary N) is 2. The Morgan fingerprint density at radius 1 is 0.957 bits per heavy atom. The van der Waals surface area contributed by atoms with Crippen LogP contribution < -0.4 is 16.4 Å². The van der Waals surface area contributed by atoms with Crippen molar-refractivity contribution in [1.29, 1.82) is 0 Å². The van der Waals surface area contributed by atoms with Gasteiger partial charge in [0, 0.05) is 18.2 Å². The third kappa shape index (κ3) is 4.41. The van der Waals surface area contributed by atoms with E-state index in [0.717, 1.165) is 0 Å². The minimum absolute atomic E-state index is 0.194. The van der Waals surface area contributed by atoms with E-state index >= 15 is 0 Å². The highest BCUT2D eigenvalue weighted by molar-refractivity contribution is 5.98. The summed E-state index contributed by atoms with van der Waals surface area (Å²) in [5, 5.41) is 5.22. The van der Waals surface area contributed by atoms with Crippen LogP contribution in [0.5, 0.6) is 0 Å². The SMILES string of the molecule is CC(=O)Nc1ccc(C(=O)NC(C(N)=O)c2ccccc2)cc1. The maximum Gasteiger partial charge on any atom is 0.252 e. The Morgan fingerprint density at radius 3 is 2.09 bits per heavy atom. The van der Waals surface area contributed by atoms with E-state index in [1.165, 1.54) is 6.92 Å². The van der Waals surface area contributed by atoms with Crippen molar-refractivity contribution in [1.82, 2.24) is 5.32 Å². The molecule has 0 aliphatic rings. The van der Waals surface area contributed by atoms with Crippen molar-refractivity contribution in [2.24, 2.45) is 5.73 Å². The van der Waals surface area contributed by atoms with Crippen LogP contribution in [-0.4, -0.2) is 17.7 Å². The van der Waals surface area contributed by atoms with Gasteiger partial charge >= 0.3 is 0 Å². The molecule has 0 aliphatic heterocycles. The highest BCUT2D eigenvalue weighted by Crippen LogP contribution is 2.14. The summed E-state index contributed by atoms with van der Waals surface area (Å²) in [6.45, 7) is 1.40. The molecule has 6 heteroatoms. The van der Waals surface area contributed by atoms with Gasteiger partial charge in [0.25, 0.3) is 5.91 Å². The number of primary amides is 1. The first-order valence-electron chi connectivity index (χ1n) is 7.00. The number of carbonyl (C=O) groups is 3. The van der Waals surface area contributed by atoms with Gasteiger partial charge in [0.05, 0.1) is 0 Å². The average Bonchev–Trinajstić information content (AvgIpc) is 2.53. The summed E-state index contributed by atoms with van der Waals surface area (Å²) in [5.74, 6) is -1.26. The van der Waals surface area contributed by atoms with Crippen molar-refractivity contribution in [3.05, 3.63) is 65.7 Å². The zero-order valence-electron chi connectivity index (χ0n) is 12.6. The molecule has 0 radical (unpaired) electrons. The van der Waals surface area contributed by atoms with E-state index in [9.17, 15) is 14.4 Å². The van der Waals surface area contributed by atoms with Gasteiger partial charge in [0.1, 0.15) is 6.04 Å². The summed E-state index contributed by atoms with van der Waals surface area (Å²) in [6.07, 6.45) is 0. The van der Waals surface area contributed by atoms with Crippen molar-refractivity contribution >= 4 is 23.4 Å². The van der Waals surface area contributed by atoms with Gasteiger partial charge in [-0.3, -0.25) is 14.4 Å². The minimum Gasteiger partial charge on any atom is -0.368 e. The van der Waals surface area contributed by atoms with Crippen LogP contribution in [0.3, 0.4) is 0 Å². The minimum atomic E-state index is -0.904. The highest BCUT2D eigenvalue weighted by atomic mass is 16.2. The molecule has 0 aromatic heterocycles. The standard InChI is InChI=1S/C17H17N3O3/c1-11(21)19-14-9-7-13(8-10-14)17(23)20-15(16(18)22)12-5-3-2-4-6-12/h2-10,15H,1H3,(H2,18,22)(H,19,21)(H,20,23). The second kappa shape index (κ2) is 7.22. The number of amides is 3. The average molecular weight is 311 g/mol. The van der Waals surface area contributed by atoms with Crippen LogP contribution in [0.15, 0.2) is 54.6 Å². The summed E-state index contributed by atoms with van der Waals surface area (Å²) in [5.41, 5.74) is 6.94. The van der Waals surface area contributed by atoms with E-state index in [1.807, 2.05) is 6.07 Å². The molecular weight excluding hydrogens is 294 g/mol. The third-order valence-electron chi connectivity index (χ3n) is 3.16. The van der Waals surface area contributed by atoms with Crippen LogP contribution in [0.2, 0.25) is 0 Å². The smallest absolute Gasteiger partial charge is 0.252 e. The first kappa shape index (κ1) is 16.2. The van der Waals surface area contributed by atoms with E-state index in [0.29, 0.717) is 16.8 Å². The van der Waals surface area contributed by atoms with Crippen LogP contribution >= 0.6 is 0 Å². The van der Waals surface area contributed by atoms with E-state index in [1.54, 1.807) is 48.5 Å². The Morgan fingerprint density at radius 2 is 1.57 bits per heavy atom. The fourth-order valence-corrected chi connectivity index (χ4v) is 2.09. The van der Waals surface area contributed by atoms with Crippen LogP contribution in [0.1, 0.15) is 28.9 Å². The monoisotopic (exact) mass is 311 g/mol. The second-order valence-corrected chi connectivity index (χ2v) is 4.98. The highest BCUT2D eigenvalue weighted by Gasteiger charge is 2.20. The molecule has 2 rings (SSSR count). The van der Waals surface area contributed by atoms with Gasteiger partial charge in [-0.25, -0.2) is 0 Å². The zero-order chi connectivity index (χ0) is 16.8. The normalized spacial score (nSPS) is 11.3. The lowest BCUT2D eigenvalue weighted by Crippen LogP contribution is -2.37. The predicted octanol–water partition coefficient (Wildman–Crippen LogP) is 1.60. The third-order valence-corrected chi connectivity index (χ3v) is 3.16. The van der Waals surface area contributed by atoms with Gasteiger partial charge in [-0.15, -0.1) is 0 Å². The zero-order valence-corrected chi connectivity index (χ0v) is 12.6. The molecular formula is C17H17N3O3. The maximum absolute atomic E-state index is 12.3. The molecule has 0 aliphatic carbocycles. The van der Waals surface area contributed by atoms with Gasteiger partial charge in [0.15, 0.2) is 0 Å². The van der Waals surface area contributed by atoms with Crippen LogP contribution in [0.4, 0.5) is 5.69 Å². The maximum atomic E-state index is 12.3. The summed E-state index contributed by atoms with van der Waals surface area (Å²) in [4.78, 5) is 34.8. The van der Waals surface area contributed by atoms with E-state index in [2.05, 4.69) is 10.6 Å². The Hall–Kier alpha value is -3.15. The molecule has 0 bridgehead atoms. The Kier molecular flexibility index (Phi) is 5.09. The second-order valence-electron chi connectivity index (χ2n) is 4.98. The molecule has 0 fully saturated rings. The van der Waals surface area contributed by atoms with Crippen molar-refractivity contribution in [3.8, 4) is 0 Å². The van der Waals surface area contributed by atoms with Crippen LogP contribution in [-0.2, 0) is 9.59 Å². The van der Waals surface area contributed by atoms with Crippen molar-refractivity contribution in [3.63, 3.8) is 0 Å². The van der Waals surface area contributed by atoms with Gasteiger partial charge in [0.2, 0.25) is 11.8 Å². The number of anilines is 1. The number of rotatable bonds is 5.